The van der Waals surface area contributed by atoms with Crippen LogP contribution in [0.2, 0.25) is 0 Å². The van der Waals surface area contributed by atoms with Crippen LogP contribution in [0, 0.1) is 6.92 Å². The maximum atomic E-state index is 11.8. The van der Waals surface area contributed by atoms with Crippen LogP contribution in [0.15, 0.2) is 24.4 Å². The molecule has 0 spiro atoms. The molecule has 0 fully saturated rings. The number of carbonyl (C=O) groups excluding carboxylic acids is 1. The lowest BCUT2D eigenvalue weighted by atomic mass is 10.0. The van der Waals surface area contributed by atoms with Crippen LogP contribution < -0.4 is 0 Å². The Morgan fingerprint density at radius 2 is 2.10 bits per heavy atom. The van der Waals surface area contributed by atoms with Crippen molar-refractivity contribution in [3.8, 4) is 0 Å². The van der Waals surface area contributed by atoms with E-state index < -0.39 is 12.1 Å². The molecule has 1 N–H and O–H groups in total. The summed E-state index contributed by atoms with van der Waals surface area (Å²) in [6.45, 7) is 8.12. The molecule has 0 aliphatic heterocycles. The Morgan fingerprint density at radius 1 is 1.40 bits per heavy atom. The van der Waals surface area contributed by atoms with Gasteiger partial charge in [0.1, 0.15) is 0 Å². The Balaban J connectivity index is 2.61. The van der Waals surface area contributed by atoms with E-state index >= 15 is 0 Å². The number of rotatable bonds is 4. The maximum absolute atomic E-state index is 11.8. The molecule has 1 heterocycles. The zero-order chi connectivity index (χ0) is 14.9. The summed E-state index contributed by atoms with van der Waals surface area (Å²) in [6.07, 6.45) is 0.614. The standard InChI is InChI=1S/C16H21NO3/c1-5-20-16(19)15(18)12-9-17(10(2)3)13-8-6-7-11(4)14(12)13/h6-10,15,18H,5H2,1-4H3. The SMILES string of the molecule is CCOC(=O)C(O)c1cn(C(C)C)c2cccc(C)c12. The normalized spacial score (nSPS) is 12.9. The molecule has 2 rings (SSSR count). The minimum Gasteiger partial charge on any atom is -0.464 e. The summed E-state index contributed by atoms with van der Waals surface area (Å²) in [5.41, 5.74) is 2.68. The van der Waals surface area contributed by atoms with E-state index in [1.54, 1.807) is 6.92 Å². The number of esters is 1. The zero-order valence-electron chi connectivity index (χ0n) is 12.4. The van der Waals surface area contributed by atoms with Gasteiger partial charge in [-0.3, -0.25) is 0 Å². The molecular formula is C16H21NO3. The molecule has 1 unspecified atom stereocenters. The maximum Gasteiger partial charge on any atom is 0.339 e. The first-order valence-electron chi connectivity index (χ1n) is 6.92. The van der Waals surface area contributed by atoms with E-state index in [1.807, 2.05) is 31.3 Å². The molecule has 108 valence electrons. The Kier molecular flexibility index (Phi) is 4.14. The number of aliphatic hydroxyl groups excluding tert-OH is 1. The molecule has 0 amide bonds. The van der Waals surface area contributed by atoms with E-state index in [9.17, 15) is 9.90 Å². The van der Waals surface area contributed by atoms with Gasteiger partial charge in [0.05, 0.1) is 6.61 Å². The Bertz CT molecular complexity index is 628. The molecule has 1 aromatic heterocycles. The van der Waals surface area contributed by atoms with Crippen LogP contribution in [-0.4, -0.2) is 22.2 Å². The van der Waals surface area contributed by atoms with Crippen molar-refractivity contribution in [1.29, 1.82) is 0 Å². The molecular weight excluding hydrogens is 254 g/mol. The number of nitrogens with zero attached hydrogens (tertiary/aromatic N) is 1. The predicted octanol–water partition coefficient (Wildman–Crippen LogP) is 3.13. The largest absolute Gasteiger partial charge is 0.464 e. The van der Waals surface area contributed by atoms with Crippen LogP contribution in [0.3, 0.4) is 0 Å². The van der Waals surface area contributed by atoms with Gasteiger partial charge in [-0.25, -0.2) is 4.79 Å². The summed E-state index contributed by atoms with van der Waals surface area (Å²) in [6, 6.07) is 6.22. The van der Waals surface area contributed by atoms with Gasteiger partial charge in [-0.2, -0.15) is 0 Å². The molecule has 4 heteroatoms. The molecule has 2 aromatic rings. The molecule has 1 atom stereocenters. The van der Waals surface area contributed by atoms with Crippen molar-refractivity contribution in [1.82, 2.24) is 4.57 Å². The second-order valence-electron chi connectivity index (χ2n) is 5.21. The number of carbonyl (C=O) groups is 1. The highest BCUT2D eigenvalue weighted by atomic mass is 16.5. The van der Waals surface area contributed by atoms with E-state index in [-0.39, 0.29) is 12.6 Å². The van der Waals surface area contributed by atoms with Crippen LogP contribution in [-0.2, 0) is 9.53 Å². The van der Waals surface area contributed by atoms with Crippen LogP contribution in [0.5, 0.6) is 0 Å². The second-order valence-corrected chi connectivity index (χ2v) is 5.21. The van der Waals surface area contributed by atoms with Gasteiger partial charge in [0.15, 0.2) is 6.10 Å². The summed E-state index contributed by atoms with van der Waals surface area (Å²) in [5.74, 6) is -0.599. The first kappa shape index (κ1) is 14.6. The summed E-state index contributed by atoms with van der Waals surface area (Å²) in [4.78, 5) is 11.8. The van der Waals surface area contributed by atoms with Crippen molar-refractivity contribution < 1.29 is 14.6 Å². The fraction of sp³-hybridized carbons (Fsp3) is 0.438. The van der Waals surface area contributed by atoms with Gasteiger partial charge in [-0.1, -0.05) is 12.1 Å². The lowest BCUT2D eigenvalue weighted by Crippen LogP contribution is -2.15. The van der Waals surface area contributed by atoms with Crippen LogP contribution in [0.4, 0.5) is 0 Å². The molecule has 1 aromatic carbocycles. The number of hydrogen-bond donors (Lipinski definition) is 1. The number of fused-ring (bicyclic) bond motifs is 1. The number of aliphatic hydroxyl groups is 1. The lowest BCUT2D eigenvalue weighted by molar-refractivity contribution is -0.153. The molecule has 0 aliphatic rings. The number of aromatic nitrogens is 1. The van der Waals surface area contributed by atoms with Crippen molar-refractivity contribution in [3.05, 3.63) is 35.5 Å². The number of benzene rings is 1. The summed E-state index contributed by atoms with van der Waals surface area (Å²) < 4.78 is 6.99. The Labute approximate surface area is 119 Å². The predicted molar refractivity (Wildman–Crippen MR) is 78.7 cm³/mol. The topological polar surface area (TPSA) is 51.5 Å². The fourth-order valence-electron chi connectivity index (χ4n) is 2.51. The quantitative estimate of drug-likeness (QED) is 0.872. The third-order valence-electron chi connectivity index (χ3n) is 3.46. The number of ether oxygens (including phenoxy) is 1. The average molecular weight is 275 g/mol. The van der Waals surface area contributed by atoms with Gasteiger partial charge in [0.2, 0.25) is 0 Å². The first-order chi connectivity index (χ1) is 9.47. The molecule has 0 bridgehead atoms. The van der Waals surface area contributed by atoms with E-state index in [0.29, 0.717) is 5.56 Å². The van der Waals surface area contributed by atoms with Crippen molar-refractivity contribution in [3.63, 3.8) is 0 Å². The van der Waals surface area contributed by atoms with Gasteiger partial charge < -0.3 is 14.4 Å². The van der Waals surface area contributed by atoms with Crippen molar-refractivity contribution in [2.24, 2.45) is 0 Å². The Morgan fingerprint density at radius 3 is 2.70 bits per heavy atom. The highest BCUT2D eigenvalue weighted by molar-refractivity contribution is 5.91. The molecule has 0 radical (unpaired) electrons. The zero-order valence-corrected chi connectivity index (χ0v) is 12.4. The van der Waals surface area contributed by atoms with E-state index in [0.717, 1.165) is 16.5 Å². The van der Waals surface area contributed by atoms with Gasteiger partial charge in [0, 0.05) is 28.7 Å². The van der Waals surface area contributed by atoms with Crippen molar-refractivity contribution >= 4 is 16.9 Å². The van der Waals surface area contributed by atoms with Crippen molar-refractivity contribution in [2.45, 2.75) is 39.8 Å². The molecule has 0 aliphatic carbocycles. The lowest BCUT2D eigenvalue weighted by Gasteiger charge is -2.09. The fourth-order valence-corrected chi connectivity index (χ4v) is 2.51. The van der Waals surface area contributed by atoms with Crippen LogP contribution >= 0.6 is 0 Å². The van der Waals surface area contributed by atoms with Gasteiger partial charge in [-0.05, 0) is 39.3 Å². The third-order valence-corrected chi connectivity index (χ3v) is 3.46. The summed E-state index contributed by atoms with van der Waals surface area (Å²) in [7, 11) is 0. The van der Waals surface area contributed by atoms with Gasteiger partial charge >= 0.3 is 5.97 Å². The molecule has 20 heavy (non-hydrogen) atoms. The summed E-state index contributed by atoms with van der Waals surface area (Å²) >= 11 is 0. The van der Waals surface area contributed by atoms with Crippen molar-refractivity contribution in [2.75, 3.05) is 6.61 Å². The smallest absolute Gasteiger partial charge is 0.339 e. The average Bonchev–Trinajstić information content (AvgIpc) is 2.79. The second kappa shape index (κ2) is 5.67. The Hall–Kier alpha value is -1.81. The number of hydrogen-bond acceptors (Lipinski definition) is 3. The minimum atomic E-state index is -1.24. The molecule has 0 saturated carbocycles. The minimum absolute atomic E-state index is 0.252. The van der Waals surface area contributed by atoms with E-state index in [2.05, 4.69) is 18.4 Å². The van der Waals surface area contributed by atoms with E-state index in [1.165, 1.54) is 0 Å². The molecule has 0 saturated heterocycles. The van der Waals surface area contributed by atoms with Gasteiger partial charge in [0.25, 0.3) is 0 Å². The molecule has 4 nitrogen and oxygen atoms in total. The third kappa shape index (κ3) is 2.43. The highest BCUT2D eigenvalue weighted by Crippen LogP contribution is 2.31. The highest BCUT2D eigenvalue weighted by Gasteiger charge is 2.24. The van der Waals surface area contributed by atoms with Crippen LogP contribution in [0.1, 0.15) is 44.0 Å². The monoisotopic (exact) mass is 275 g/mol. The number of aryl methyl sites for hydroxylation is 1. The van der Waals surface area contributed by atoms with Gasteiger partial charge in [-0.15, -0.1) is 0 Å². The van der Waals surface area contributed by atoms with E-state index in [4.69, 9.17) is 4.74 Å². The van der Waals surface area contributed by atoms with Crippen LogP contribution in [0.25, 0.3) is 10.9 Å². The summed E-state index contributed by atoms with van der Waals surface area (Å²) in [5, 5.41) is 11.2. The first-order valence-corrected chi connectivity index (χ1v) is 6.92.